The molecule has 3 aliphatic rings. The SMILES string of the molecule is CN/N=C(\CO)C1(O)Cc2c(O)c3c(c(O)c2C(OC2CC(N)C(O)C(C)O2)C1)C(=O)c1c(OC)cccc1C3=O. The molecular formula is C28H33N3O10. The van der Waals surface area contributed by atoms with E-state index in [4.69, 9.17) is 19.9 Å². The number of benzene rings is 2. The highest BCUT2D eigenvalue weighted by Gasteiger charge is 2.49. The van der Waals surface area contributed by atoms with Crippen LogP contribution in [-0.2, 0) is 15.9 Å². The zero-order valence-electron chi connectivity index (χ0n) is 22.7. The summed E-state index contributed by atoms with van der Waals surface area (Å²) in [5.41, 5.74) is 5.62. The number of aromatic hydroxyl groups is 2. The molecule has 1 aliphatic heterocycles. The molecule has 1 heterocycles. The smallest absolute Gasteiger partial charge is 0.202 e. The molecule has 41 heavy (non-hydrogen) atoms. The fraction of sp³-hybridized carbons (Fsp3) is 0.464. The van der Waals surface area contributed by atoms with E-state index in [-0.39, 0.29) is 53.0 Å². The number of fused-ring (bicyclic) bond motifs is 3. The second-order valence-corrected chi connectivity index (χ2v) is 10.5. The minimum atomic E-state index is -1.90. The normalized spacial score (nSPS) is 29.4. The molecule has 2 aromatic carbocycles. The molecule has 13 heteroatoms. The first kappa shape index (κ1) is 28.9. The van der Waals surface area contributed by atoms with Crippen LogP contribution in [0.2, 0.25) is 0 Å². The van der Waals surface area contributed by atoms with Crippen LogP contribution in [0.15, 0.2) is 23.3 Å². The van der Waals surface area contributed by atoms with E-state index in [2.05, 4.69) is 10.5 Å². The fourth-order valence-electron chi connectivity index (χ4n) is 6.03. The number of ether oxygens (including phenoxy) is 3. The Labute approximate surface area is 235 Å². The standard InChI is InChI=1S/C28H33N3O10/c1-11-23(33)14(29)7-18(40-11)41-16-9-28(38,17(10-32)31-30-2)8-13-20(16)27(37)22-21(25(13)35)24(34)12-5-4-6-15(39-3)19(12)26(22)36/h4-6,11,14,16,18,23,30,32-33,35,37-38H,7-10,29H2,1-3H3/b31-17+. The van der Waals surface area contributed by atoms with Gasteiger partial charge < -0.3 is 50.9 Å². The topological polar surface area (TPSA) is 213 Å². The molecule has 2 aromatic rings. The summed E-state index contributed by atoms with van der Waals surface area (Å²) in [5, 5.41) is 59.1. The largest absolute Gasteiger partial charge is 0.507 e. The number of nitrogens with two attached hydrogens (primary N) is 1. The van der Waals surface area contributed by atoms with E-state index < -0.39 is 77.0 Å². The van der Waals surface area contributed by atoms with E-state index in [1.54, 1.807) is 6.92 Å². The van der Waals surface area contributed by atoms with Crippen LogP contribution >= 0.6 is 0 Å². The molecule has 0 amide bonds. The van der Waals surface area contributed by atoms with Crippen molar-refractivity contribution in [3.8, 4) is 17.2 Å². The van der Waals surface area contributed by atoms with Crippen molar-refractivity contribution in [3.05, 3.63) is 51.6 Å². The van der Waals surface area contributed by atoms with Crippen molar-refractivity contribution in [1.82, 2.24) is 5.43 Å². The van der Waals surface area contributed by atoms with Crippen molar-refractivity contribution < 1.29 is 49.3 Å². The Morgan fingerprint density at radius 3 is 2.54 bits per heavy atom. The fourth-order valence-corrected chi connectivity index (χ4v) is 6.03. The minimum Gasteiger partial charge on any atom is -0.507 e. The molecule has 13 nitrogen and oxygen atoms in total. The lowest BCUT2D eigenvalue weighted by molar-refractivity contribution is -0.245. The zero-order chi connectivity index (χ0) is 29.8. The summed E-state index contributed by atoms with van der Waals surface area (Å²) >= 11 is 0. The monoisotopic (exact) mass is 571 g/mol. The molecule has 2 aliphatic carbocycles. The van der Waals surface area contributed by atoms with Gasteiger partial charge in [0.25, 0.3) is 0 Å². The summed E-state index contributed by atoms with van der Waals surface area (Å²) in [6, 6.07) is 3.76. The lowest BCUT2D eigenvalue weighted by Crippen LogP contribution is -2.53. The number of hydrogen-bond acceptors (Lipinski definition) is 13. The molecule has 0 aromatic heterocycles. The van der Waals surface area contributed by atoms with Gasteiger partial charge in [0.2, 0.25) is 5.78 Å². The van der Waals surface area contributed by atoms with Gasteiger partial charge in [-0.05, 0) is 13.0 Å². The number of carbonyl (C=O) groups is 2. The first-order valence-corrected chi connectivity index (χ1v) is 13.2. The molecule has 220 valence electrons. The van der Waals surface area contributed by atoms with E-state index in [1.807, 2.05) is 0 Å². The van der Waals surface area contributed by atoms with Gasteiger partial charge in [0.1, 0.15) is 22.8 Å². The Bertz CT molecular complexity index is 1430. The lowest BCUT2D eigenvalue weighted by Gasteiger charge is -2.43. The molecule has 0 bridgehead atoms. The number of nitrogens with zero attached hydrogens (tertiary/aromatic N) is 1. The average molecular weight is 572 g/mol. The highest BCUT2D eigenvalue weighted by Crippen LogP contribution is 2.52. The van der Waals surface area contributed by atoms with Gasteiger partial charge in [-0.25, -0.2) is 0 Å². The summed E-state index contributed by atoms with van der Waals surface area (Å²) < 4.78 is 17.3. The van der Waals surface area contributed by atoms with Crippen molar-refractivity contribution in [2.45, 2.75) is 62.4 Å². The number of aliphatic hydroxyl groups is 3. The maximum Gasteiger partial charge on any atom is 0.202 e. The predicted molar refractivity (Wildman–Crippen MR) is 143 cm³/mol. The number of methoxy groups -OCH3 is 1. The van der Waals surface area contributed by atoms with Crippen LogP contribution in [0, 0.1) is 0 Å². The maximum atomic E-state index is 13.8. The van der Waals surface area contributed by atoms with Crippen LogP contribution < -0.4 is 15.9 Å². The second kappa shape index (κ2) is 10.7. The number of nitrogens with one attached hydrogen (secondary N) is 1. The summed E-state index contributed by atoms with van der Waals surface area (Å²) in [6.45, 7) is 0.957. The minimum absolute atomic E-state index is 0.0136. The van der Waals surface area contributed by atoms with Crippen LogP contribution in [0.3, 0.4) is 0 Å². The van der Waals surface area contributed by atoms with Gasteiger partial charge in [0, 0.05) is 49.0 Å². The Morgan fingerprint density at radius 2 is 1.90 bits per heavy atom. The van der Waals surface area contributed by atoms with Crippen molar-refractivity contribution >= 4 is 17.3 Å². The number of ketones is 2. The van der Waals surface area contributed by atoms with Gasteiger partial charge in [0.05, 0.1) is 54.4 Å². The van der Waals surface area contributed by atoms with E-state index in [0.29, 0.717) is 0 Å². The van der Waals surface area contributed by atoms with Crippen LogP contribution in [0.1, 0.15) is 68.8 Å². The summed E-state index contributed by atoms with van der Waals surface area (Å²) in [4.78, 5) is 27.4. The molecule has 0 radical (unpaired) electrons. The third-order valence-electron chi connectivity index (χ3n) is 8.08. The molecule has 6 unspecified atom stereocenters. The highest BCUT2D eigenvalue weighted by atomic mass is 16.7. The average Bonchev–Trinajstić information content (AvgIpc) is 2.94. The van der Waals surface area contributed by atoms with Crippen LogP contribution in [-0.4, -0.2) is 93.7 Å². The van der Waals surface area contributed by atoms with Gasteiger partial charge in [-0.3, -0.25) is 9.59 Å². The van der Waals surface area contributed by atoms with Gasteiger partial charge in [-0.1, -0.05) is 12.1 Å². The van der Waals surface area contributed by atoms with Crippen LogP contribution in [0.4, 0.5) is 0 Å². The predicted octanol–water partition coefficient (Wildman–Crippen LogP) is 0.00760. The Morgan fingerprint density at radius 1 is 1.20 bits per heavy atom. The molecule has 5 rings (SSSR count). The summed E-state index contributed by atoms with van der Waals surface area (Å²) in [6.07, 6.45) is -4.46. The Balaban J connectivity index is 1.70. The number of hydrogen-bond donors (Lipinski definition) is 7. The number of phenols is 2. The molecule has 8 N–H and O–H groups in total. The second-order valence-electron chi connectivity index (χ2n) is 10.5. The first-order valence-electron chi connectivity index (χ1n) is 13.2. The number of carbonyl (C=O) groups excluding carboxylic acids is 2. The lowest BCUT2D eigenvalue weighted by atomic mass is 9.71. The van der Waals surface area contributed by atoms with Gasteiger partial charge in [-0.15, -0.1) is 0 Å². The van der Waals surface area contributed by atoms with E-state index >= 15 is 0 Å². The van der Waals surface area contributed by atoms with Gasteiger partial charge in [-0.2, -0.15) is 5.10 Å². The quantitative estimate of drug-likeness (QED) is 0.118. The number of rotatable bonds is 6. The maximum absolute atomic E-state index is 13.8. The van der Waals surface area contributed by atoms with Crippen LogP contribution in [0.5, 0.6) is 17.2 Å². The Hall–Kier alpha value is -3.59. The van der Waals surface area contributed by atoms with Crippen molar-refractivity contribution in [3.63, 3.8) is 0 Å². The number of aliphatic hydroxyl groups excluding tert-OH is 2. The van der Waals surface area contributed by atoms with Crippen molar-refractivity contribution in [2.24, 2.45) is 10.8 Å². The molecule has 0 saturated carbocycles. The van der Waals surface area contributed by atoms with Gasteiger partial charge in [0.15, 0.2) is 12.1 Å². The van der Waals surface area contributed by atoms with Crippen molar-refractivity contribution in [2.75, 3.05) is 20.8 Å². The summed E-state index contributed by atoms with van der Waals surface area (Å²) in [5.74, 6) is -2.54. The van der Waals surface area contributed by atoms with E-state index in [9.17, 15) is 35.1 Å². The highest BCUT2D eigenvalue weighted by molar-refractivity contribution is 6.31. The third-order valence-corrected chi connectivity index (χ3v) is 8.08. The summed E-state index contributed by atoms with van der Waals surface area (Å²) in [7, 11) is 2.82. The number of hydrazone groups is 1. The molecule has 6 atom stereocenters. The van der Waals surface area contributed by atoms with E-state index in [0.717, 1.165) is 0 Å². The molecular weight excluding hydrogens is 538 g/mol. The molecule has 0 spiro atoms. The third kappa shape index (κ3) is 4.54. The van der Waals surface area contributed by atoms with E-state index in [1.165, 1.54) is 32.4 Å². The Kier molecular flexibility index (Phi) is 7.53. The molecule has 1 saturated heterocycles. The zero-order valence-corrected chi connectivity index (χ0v) is 22.7. The first-order chi connectivity index (χ1) is 19.5. The van der Waals surface area contributed by atoms with Gasteiger partial charge >= 0.3 is 0 Å². The van der Waals surface area contributed by atoms with Crippen LogP contribution in [0.25, 0.3) is 0 Å². The number of phenolic OH excluding ortho intramolecular Hbond substituents is 2. The molecule has 1 fully saturated rings. The van der Waals surface area contributed by atoms with Crippen molar-refractivity contribution in [1.29, 1.82) is 0 Å².